The van der Waals surface area contributed by atoms with E-state index in [9.17, 15) is 4.79 Å². The first kappa shape index (κ1) is 20.4. The van der Waals surface area contributed by atoms with Gasteiger partial charge in [-0.05, 0) is 43.5 Å². The third kappa shape index (κ3) is 7.87. The number of rotatable bonds is 10. The van der Waals surface area contributed by atoms with E-state index in [0.29, 0.717) is 11.0 Å². The Hall–Kier alpha value is -2.94. The van der Waals surface area contributed by atoms with Gasteiger partial charge in [0.2, 0.25) is 11.0 Å². The molecule has 144 valence electrons. The summed E-state index contributed by atoms with van der Waals surface area (Å²) in [5.74, 6) is 0.424. The first-order chi connectivity index (χ1) is 13.1. The zero-order chi connectivity index (χ0) is 19.5. The van der Waals surface area contributed by atoms with E-state index < -0.39 is 0 Å². The van der Waals surface area contributed by atoms with Gasteiger partial charge in [-0.15, -0.1) is 10.2 Å². The van der Waals surface area contributed by atoms with Crippen molar-refractivity contribution in [1.82, 2.24) is 20.5 Å². The van der Waals surface area contributed by atoms with Crippen LogP contribution in [-0.2, 0) is 17.6 Å². The number of nitrogens with one attached hydrogen (secondary N) is 2. The Morgan fingerprint density at radius 3 is 2.81 bits per heavy atom. The molecule has 8 nitrogen and oxygen atoms in total. The SMILES string of the molecule is CN/C(N)=C/C=C(\N)CCCCc1nnc(NC(=O)Cc2ccccn2)s1. The van der Waals surface area contributed by atoms with Crippen LogP contribution in [0, 0.1) is 0 Å². The van der Waals surface area contributed by atoms with Crippen molar-refractivity contribution in [3.8, 4) is 0 Å². The molecule has 0 radical (unpaired) electrons. The first-order valence-electron chi connectivity index (χ1n) is 8.68. The van der Waals surface area contributed by atoms with Gasteiger partial charge in [0.1, 0.15) is 5.01 Å². The second kappa shape index (κ2) is 10.9. The molecule has 2 rings (SSSR count). The average molecular weight is 388 g/mol. The Morgan fingerprint density at radius 1 is 1.22 bits per heavy atom. The van der Waals surface area contributed by atoms with Crippen molar-refractivity contribution < 1.29 is 4.79 Å². The molecule has 0 saturated carbocycles. The number of aryl methyl sites for hydroxylation is 1. The number of nitrogens with two attached hydrogens (primary N) is 2. The standard InChI is InChI=1S/C18H25N7OS/c1-21-15(20)10-9-13(19)6-2-3-8-17-24-25-18(27-17)23-16(26)12-14-7-4-5-11-22-14/h4-5,7,9-11,21H,2-3,6,8,12,19-20H2,1H3,(H,23,25,26)/b13-9-,15-10+. The van der Waals surface area contributed by atoms with Crippen LogP contribution in [0.4, 0.5) is 5.13 Å². The number of allylic oxidation sites excluding steroid dienone is 3. The normalized spacial score (nSPS) is 12.0. The summed E-state index contributed by atoms with van der Waals surface area (Å²) in [5, 5.41) is 15.1. The topological polar surface area (TPSA) is 132 Å². The molecule has 2 heterocycles. The Kier molecular flexibility index (Phi) is 8.24. The monoisotopic (exact) mass is 387 g/mol. The smallest absolute Gasteiger partial charge is 0.232 e. The average Bonchev–Trinajstić information content (AvgIpc) is 3.11. The molecule has 2 aromatic rings. The number of carbonyl (C=O) groups is 1. The molecule has 0 spiro atoms. The van der Waals surface area contributed by atoms with E-state index in [1.54, 1.807) is 19.3 Å². The molecule has 0 aliphatic carbocycles. The fourth-order valence-electron chi connectivity index (χ4n) is 2.20. The lowest BCUT2D eigenvalue weighted by molar-refractivity contribution is -0.115. The summed E-state index contributed by atoms with van der Waals surface area (Å²) in [5.41, 5.74) is 13.1. The maximum atomic E-state index is 12.0. The minimum Gasteiger partial charge on any atom is -0.402 e. The molecule has 0 fully saturated rings. The largest absolute Gasteiger partial charge is 0.402 e. The summed E-state index contributed by atoms with van der Waals surface area (Å²) >= 11 is 1.39. The third-order valence-corrected chi connectivity index (χ3v) is 4.55. The van der Waals surface area contributed by atoms with Crippen molar-refractivity contribution in [2.24, 2.45) is 11.5 Å². The number of unbranched alkanes of at least 4 members (excludes halogenated alkanes) is 1. The Morgan fingerprint density at radius 2 is 2.07 bits per heavy atom. The molecule has 0 atom stereocenters. The summed E-state index contributed by atoms with van der Waals surface area (Å²) in [6, 6.07) is 5.48. The van der Waals surface area contributed by atoms with E-state index in [0.717, 1.165) is 42.1 Å². The van der Waals surface area contributed by atoms with Crippen molar-refractivity contribution in [3.05, 3.63) is 58.8 Å². The predicted molar refractivity (Wildman–Crippen MR) is 108 cm³/mol. The number of nitrogens with zero attached hydrogens (tertiary/aromatic N) is 3. The number of carbonyl (C=O) groups excluding carboxylic acids is 1. The van der Waals surface area contributed by atoms with Gasteiger partial charge in [0.15, 0.2) is 0 Å². The zero-order valence-corrected chi connectivity index (χ0v) is 16.1. The zero-order valence-electron chi connectivity index (χ0n) is 15.3. The van der Waals surface area contributed by atoms with Crippen LogP contribution in [0.1, 0.15) is 30.0 Å². The second-order valence-electron chi connectivity index (χ2n) is 5.87. The molecule has 0 bridgehead atoms. The van der Waals surface area contributed by atoms with Crippen LogP contribution >= 0.6 is 11.3 Å². The van der Waals surface area contributed by atoms with E-state index in [2.05, 4.69) is 25.8 Å². The van der Waals surface area contributed by atoms with Crippen LogP contribution in [0.2, 0.25) is 0 Å². The van der Waals surface area contributed by atoms with Gasteiger partial charge in [-0.1, -0.05) is 17.4 Å². The van der Waals surface area contributed by atoms with E-state index in [-0.39, 0.29) is 12.3 Å². The maximum Gasteiger partial charge on any atom is 0.232 e. The highest BCUT2D eigenvalue weighted by atomic mass is 32.1. The molecule has 27 heavy (non-hydrogen) atoms. The molecule has 0 aromatic carbocycles. The fraction of sp³-hybridized carbons (Fsp3) is 0.333. The number of hydrogen-bond donors (Lipinski definition) is 4. The van der Waals surface area contributed by atoms with Crippen molar-refractivity contribution in [1.29, 1.82) is 0 Å². The minimum atomic E-state index is -0.150. The van der Waals surface area contributed by atoms with Crippen LogP contribution in [0.25, 0.3) is 0 Å². The van der Waals surface area contributed by atoms with Crippen LogP contribution in [0.15, 0.2) is 48.1 Å². The third-order valence-electron chi connectivity index (χ3n) is 3.65. The van der Waals surface area contributed by atoms with Gasteiger partial charge in [-0.3, -0.25) is 9.78 Å². The molecular formula is C18H25N7OS. The molecule has 9 heteroatoms. The van der Waals surface area contributed by atoms with Crippen molar-refractivity contribution >= 4 is 22.4 Å². The van der Waals surface area contributed by atoms with E-state index >= 15 is 0 Å². The van der Waals surface area contributed by atoms with Gasteiger partial charge in [0, 0.05) is 31.1 Å². The van der Waals surface area contributed by atoms with E-state index in [1.807, 2.05) is 24.3 Å². The van der Waals surface area contributed by atoms with Gasteiger partial charge in [0.25, 0.3) is 0 Å². The number of hydrogen-bond acceptors (Lipinski definition) is 8. The van der Waals surface area contributed by atoms with Crippen molar-refractivity contribution in [2.75, 3.05) is 12.4 Å². The van der Waals surface area contributed by atoms with Crippen molar-refractivity contribution in [3.63, 3.8) is 0 Å². The molecule has 0 aliphatic heterocycles. The Labute approximate surface area is 162 Å². The molecule has 1 amide bonds. The summed E-state index contributed by atoms with van der Waals surface area (Å²) in [4.78, 5) is 16.1. The quantitative estimate of drug-likeness (QED) is 0.360. The molecule has 0 unspecified atom stereocenters. The predicted octanol–water partition coefficient (Wildman–Crippen LogP) is 1.69. The second-order valence-corrected chi connectivity index (χ2v) is 6.93. The van der Waals surface area contributed by atoms with Crippen molar-refractivity contribution in [2.45, 2.75) is 32.1 Å². The van der Waals surface area contributed by atoms with E-state index in [1.165, 1.54) is 11.3 Å². The molecule has 2 aromatic heterocycles. The number of amides is 1. The number of pyridine rings is 1. The first-order valence-corrected chi connectivity index (χ1v) is 9.50. The highest BCUT2D eigenvalue weighted by molar-refractivity contribution is 7.15. The van der Waals surface area contributed by atoms with Gasteiger partial charge in [-0.25, -0.2) is 0 Å². The molecular weight excluding hydrogens is 362 g/mol. The highest BCUT2D eigenvalue weighted by Gasteiger charge is 2.09. The fourth-order valence-corrected chi connectivity index (χ4v) is 3.00. The summed E-state index contributed by atoms with van der Waals surface area (Å²) in [6.07, 6.45) is 8.92. The summed E-state index contributed by atoms with van der Waals surface area (Å²) < 4.78 is 0. The summed E-state index contributed by atoms with van der Waals surface area (Å²) in [6.45, 7) is 0. The van der Waals surface area contributed by atoms with Crippen LogP contribution < -0.4 is 22.1 Å². The molecule has 6 N–H and O–H groups in total. The lowest BCUT2D eigenvalue weighted by Crippen LogP contribution is -2.14. The van der Waals surface area contributed by atoms with Gasteiger partial charge >= 0.3 is 0 Å². The van der Waals surface area contributed by atoms with Gasteiger partial charge in [-0.2, -0.15) is 0 Å². The van der Waals surface area contributed by atoms with Gasteiger partial charge in [0.05, 0.1) is 12.2 Å². The van der Waals surface area contributed by atoms with Crippen LogP contribution in [0.5, 0.6) is 0 Å². The van der Waals surface area contributed by atoms with E-state index in [4.69, 9.17) is 11.5 Å². The minimum absolute atomic E-state index is 0.150. The molecule has 0 saturated heterocycles. The lowest BCUT2D eigenvalue weighted by Gasteiger charge is -2.01. The van der Waals surface area contributed by atoms with Crippen LogP contribution in [0.3, 0.4) is 0 Å². The number of aromatic nitrogens is 3. The number of anilines is 1. The van der Waals surface area contributed by atoms with Gasteiger partial charge < -0.3 is 22.1 Å². The lowest BCUT2D eigenvalue weighted by atomic mass is 10.1. The maximum absolute atomic E-state index is 12.0. The van der Waals surface area contributed by atoms with Crippen LogP contribution in [-0.4, -0.2) is 28.1 Å². The summed E-state index contributed by atoms with van der Waals surface area (Å²) in [7, 11) is 1.76. The Bertz CT molecular complexity index is 786. The Balaban J connectivity index is 1.70. The molecule has 0 aliphatic rings. The highest BCUT2D eigenvalue weighted by Crippen LogP contribution is 2.18.